The van der Waals surface area contributed by atoms with Crippen molar-refractivity contribution in [2.45, 2.75) is 52.2 Å². The molecular formula is C20H30N2O3. The predicted molar refractivity (Wildman–Crippen MR) is 100.0 cm³/mol. The first-order valence-corrected chi connectivity index (χ1v) is 8.92. The number of ketones is 1. The Morgan fingerprint density at radius 1 is 1.20 bits per heavy atom. The van der Waals surface area contributed by atoms with E-state index in [4.69, 9.17) is 4.74 Å². The van der Waals surface area contributed by atoms with Gasteiger partial charge in [0, 0.05) is 18.7 Å². The van der Waals surface area contributed by atoms with E-state index in [1.807, 2.05) is 30.3 Å². The van der Waals surface area contributed by atoms with Crippen molar-refractivity contribution in [3.8, 4) is 0 Å². The normalized spacial score (nSPS) is 11.6. The maximum atomic E-state index is 12.4. The van der Waals surface area contributed by atoms with E-state index in [1.165, 1.54) is 0 Å². The molecule has 25 heavy (non-hydrogen) atoms. The van der Waals surface area contributed by atoms with Crippen LogP contribution in [0.2, 0.25) is 0 Å². The Kier molecular flexibility index (Phi) is 10.2. The molecule has 138 valence electrons. The zero-order valence-electron chi connectivity index (χ0n) is 15.3. The van der Waals surface area contributed by atoms with Gasteiger partial charge in [-0.05, 0) is 24.8 Å². The van der Waals surface area contributed by atoms with Crippen LogP contribution in [0.3, 0.4) is 0 Å². The van der Waals surface area contributed by atoms with Crippen LogP contribution >= 0.6 is 0 Å². The topological polar surface area (TPSA) is 67.4 Å². The minimum Gasteiger partial charge on any atom is -0.389 e. The molecule has 1 aromatic carbocycles. The number of benzene rings is 1. The molecule has 1 rings (SSSR count). The molecule has 0 bridgehead atoms. The number of carbonyl (C=O) groups excluding carboxylic acids is 2. The Morgan fingerprint density at radius 3 is 2.56 bits per heavy atom. The molecule has 0 aromatic heterocycles. The number of nitrogens with one attached hydrogen (secondary N) is 2. The number of hydrogen-bond donors (Lipinski definition) is 2. The van der Waals surface area contributed by atoms with Crippen molar-refractivity contribution in [3.63, 3.8) is 0 Å². The van der Waals surface area contributed by atoms with Gasteiger partial charge in [-0.3, -0.25) is 9.59 Å². The molecule has 0 aliphatic rings. The summed E-state index contributed by atoms with van der Waals surface area (Å²) in [6, 6.07) is 9.15. The van der Waals surface area contributed by atoms with E-state index < -0.39 is 6.04 Å². The fraction of sp³-hybridized carbons (Fsp3) is 0.500. The Hall–Kier alpha value is -2.14. The molecule has 2 N–H and O–H groups in total. The van der Waals surface area contributed by atoms with E-state index in [1.54, 1.807) is 6.92 Å². The maximum Gasteiger partial charge on any atom is 0.220 e. The van der Waals surface area contributed by atoms with Gasteiger partial charge in [0.15, 0.2) is 5.78 Å². The summed E-state index contributed by atoms with van der Waals surface area (Å²) in [5, 5.41) is 6.00. The van der Waals surface area contributed by atoms with Gasteiger partial charge in [-0.25, -0.2) is 0 Å². The number of rotatable bonds is 13. The molecule has 1 aromatic rings. The smallest absolute Gasteiger partial charge is 0.220 e. The van der Waals surface area contributed by atoms with Crippen LogP contribution in [0.15, 0.2) is 42.6 Å². The lowest BCUT2D eigenvalue weighted by atomic mass is 10.1. The maximum absolute atomic E-state index is 12.4. The minimum absolute atomic E-state index is 0.0155. The first kappa shape index (κ1) is 20.9. The number of hydrogen-bond acceptors (Lipinski definition) is 4. The molecule has 1 amide bonds. The van der Waals surface area contributed by atoms with Gasteiger partial charge in [0.25, 0.3) is 0 Å². The van der Waals surface area contributed by atoms with Crippen LogP contribution < -0.4 is 10.6 Å². The minimum atomic E-state index is -0.539. The SMILES string of the molecule is C=C(CCC(NC(=O)CC)C(=O)COCc1ccccc1)NCCC. The molecule has 1 atom stereocenters. The second-order valence-corrected chi connectivity index (χ2v) is 5.99. The van der Waals surface area contributed by atoms with Gasteiger partial charge in [0.2, 0.25) is 5.91 Å². The molecule has 0 aliphatic carbocycles. The Labute approximate surface area is 150 Å². The second kappa shape index (κ2) is 12.3. The molecule has 0 saturated carbocycles. The van der Waals surface area contributed by atoms with Gasteiger partial charge in [-0.1, -0.05) is 50.8 Å². The highest BCUT2D eigenvalue weighted by Crippen LogP contribution is 2.07. The van der Waals surface area contributed by atoms with Gasteiger partial charge in [-0.15, -0.1) is 0 Å². The van der Waals surface area contributed by atoms with Gasteiger partial charge in [0.1, 0.15) is 6.61 Å². The summed E-state index contributed by atoms with van der Waals surface area (Å²) in [6.07, 6.45) is 2.53. The van der Waals surface area contributed by atoms with Crippen molar-refractivity contribution in [1.29, 1.82) is 0 Å². The quantitative estimate of drug-likeness (QED) is 0.576. The Bertz CT molecular complexity index is 543. The van der Waals surface area contributed by atoms with Crippen molar-refractivity contribution in [1.82, 2.24) is 10.6 Å². The van der Waals surface area contributed by atoms with E-state index >= 15 is 0 Å². The van der Waals surface area contributed by atoms with Crippen LogP contribution in [0, 0.1) is 0 Å². The fourth-order valence-corrected chi connectivity index (χ4v) is 2.26. The number of allylic oxidation sites excluding steroid dienone is 1. The third-order valence-corrected chi connectivity index (χ3v) is 3.76. The van der Waals surface area contributed by atoms with Crippen LogP contribution in [0.4, 0.5) is 0 Å². The summed E-state index contributed by atoms with van der Waals surface area (Å²) in [7, 11) is 0. The third kappa shape index (κ3) is 9.05. The van der Waals surface area contributed by atoms with Crippen LogP contribution in [0.25, 0.3) is 0 Å². The summed E-state index contributed by atoms with van der Waals surface area (Å²) in [5.74, 6) is -0.241. The van der Waals surface area contributed by atoms with Crippen LogP contribution in [-0.4, -0.2) is 30.9 Å². The number of Topliss-reactive ketones (excluding diaryl/α,β-unsaturated/α-hetero) is 1. The highest BCUT2D eigenvalue weighted by atomic mass is 16.5. The van der Waals surface area contributed by atoms with Gasteiger partial charge < -0.3 is 15.4 Å². The van der Waals surface area contributed by atoms with E-state index in [0.717, 1.165) is 24.2 Å². The summed E-state index contributed by atoms with van der Waals surface area (Å²) in [5.41, 5.74) is 1.90. The third-order valence-electron chi connectivity index (χ3n) is 3.76. The first-order chi connectivity index (χ1) is 12.1. The van der Waals surface area contributed by atoms with E-state index in [2.05, 4.69) is 24.1 Å². The lowest BCUT2D eigenvalue weighted by molar-refractivity contribution is -0.130. The van der Waals surface area contributed by atoms with Crippen molar-refractivity contribution in [2.75, 3.05) is 13.2 Å². The van der Waals surface area contributed by atoms with E-state index in [-0.39, 0.29) is 18.3 Å². The highest BCUT2D eigenvalue weighted by Gasteiger charge is 2.20. The molecule has 0 saturated heterocycles. The molecule has 5 heteroatoms. The fourth-order valence-electron chi connectivity index (χ4n) is 2.26. The van der Waals surface area contributed by atoms with Crippen molar-refractivity contribution >= 4 is 11.7 Å². The monoisotopic (exact) mass is 346 g/mol. The number of ether oxygens (including phenoxy) is 1. The van der Waals surface area contributed by atoms with Crippen molar-refractivity contribution < 1.29 is 14.3 Å². The van der Waals surface area contributed by atoms with Crippen LogP contribution in [-0.2, 0) is 20.9 Å². The summed E-state index contributed by atoms with van der Waals surface area (Å²) in [6.45, 7) is 9.03. The zero-order valence-corrected chi connectivity index (χ0v) is 15.3. The van der Waals surface area contributed by atoms with Crippen LogP contribution in [0.1, 0.15) is 45.1 Å². The van der Waals surface area contributed by atoms with E-state index in [0.29, 0.717) is 25.9 Å². The lowest BCUT2D eigenvalue weighted by Gasteiger charge is -2.18. The lowest BCUT2D eigenvalue weighted by Crippen LogP contribution is -2.42. The molecule has 0 radical (unpaired) electrons. The highest BCUT2D eigenvalue weighted by molar-refractivity contribution is 5.89. The van der Waals surface area contributed by atoms with E-state index in [9.17, 15) is 9.59 Å². The predicted octanol–water partition coefficient (Wildman–Crippen LogP) is 2.96. The largest absolute Gasteiger partial charge is 0.389 e. The Balaban J connectivity index is 2.47. The standard InChI is InChI=1S/C20H30N2O3/c1-4-13-21-16(3)11-12-18(22-20(24)5-2)19(23)15-25-14-17-9-7-6-8-10-17/h6-10,18,21H,3-5,11-15H2,1-2H3,(H,22,24). The molecule has 0 fully saturated rings. The summed E-state index contributed by atoms with van der Waals surface area (Å²) in [4.78, 5) is 24.1. The Morgan fingerprint density at radius 2 is 1.92 bits per heavy atom. The molecule has 1 unspecified atom stereocenters. The first-order valence-electron chi connectivity index (χ1n) is 8.92. The van der Waals surface area contributed by atoms with Crippen LogP contribution in [0.5, 0.6) is 0 Å². The van der Waals surface area contributed by atoms with Crippen molar-refractivity contribution in [3.05, 3.63) is 48.2 Å². The molecule has 5 nitrogen and oxygen atoms in total. The molecule has 0 aliphatic heterocycles. The number of carbonyl (C=O) groups is 2. The molecule has 0 heterocycles. The average Bonchev–Trinajstić information content (AvgIpc) is 2.63. The van der Waals surface area contributed by atoms with Crippen molar-refractivity contribution in [2.24, 2.45) is 0 Å². The molecule has 0 spiro atoms. The summed E-state index contributed by atoms with van der Waals surface area (Å²) < 4.78 is 5.51. The summed E-state index contributed by atoms with van der Waals surface area (Å²) >= 11 is 0. The molecular weight excluding hydrogens is 316 g/mol. The van der Waals surface area contributed by atoms with Gasteiger partial charge >= 0.3 is 0 Å². The van der Waals surface area contributed by atoms with Gasteiger partial charge in [-0.2, -0.15) is 0 Å². The average molecular weight is 346 g/mol. The number of amides is 1. The second-order valence-electron chi connectivity index (χ2n) is 5.99. The van der Waals surface area contributed by atoms with Gasteiger partial charge in [0.05, 0.1) is 12.6 Å². The zero-order chi connectivity index (χ0) is 18.5.